The summed E-state index contributed by atoms with van der Waals surface area (Å²) in [4.78, 5) is 16.9. The first-order chi connectivity index (χ1) is 9.73. The normalized spacial score (nSPS) is 13.4. The maximum absolute atomic E-state index is 12.4. The van der Waals surface area contributed by atoms with Gasteiger partial charge in [-0.15, -0.1) is 11.6 Å². The minimum absolute atomic E-state index is 0.0666. The topological polar surface area (TPSA) is 46.9 Å². The second-order valence-electron chi connectivity index (χ2n) is 6.08. The Morgan fingerprint density at radius 3 is 2.67 bits per heavy atom. The van der Waals surface area contributed by atoms with E-state index in [2.05, 4.69) is 10.3 Å². The largest absolute Gasteiger partial charge is 0.350 e. The van der Waals surface area contributed by atoms with E-state index < -0.39 is 6.04 Å². The van der Waals surface area contributed by atoms with Gasteiger partial charge in [-0.05, 0) is 45.9 Å². The lowest BCUT2D eigenvalue weighted by molar-refractivity contribution is -0.125. The molecule has 0 aliphatic rings. The molecule has 0 bridgehead atoms. The van der Waals surface area contributed by atoms with Crippen LogP contribution in [0.2, 0.25) is 5.02 Å². The number of amides is 1. The molecule has 114 valence electrons. The van der Waals surface area contributed by atoms with Crippen molar-refractivity contribution in [2.24, 2.45) is 0 Å². The lowest BCUT2D eigenvalue weighted by Gasteiger charge is -2.24. The maximum Gasteiger partial charge on any atom is 0.243 e. The number of hydrogen-bond donors (Lipinski definition) is 1. The Balaban J connectivity index is 2.47. The maximum atomic E-state index is 12.4. The van der Waals surface area contributed by atoms with Gasteiger partial charge in [0.1, 0.15) is 11.9 Å². The fraction of sp³-hybridized carbons (Fsp3) is 0.467. The summed E-state index contributed by atoms with van der Waals surface area (Å²) in [7, 11) is 0. The third-order valence-electron chi connectivity index (χ3n) is 3.11. The minimum Gasteiger partial charge on any atom is -0.350 e. The van der Waals surface area contributed by atoms with Crippen LogP contribution in [0.15, 0.2) is 18.2 Å². The van der Waals surface area contributed by atoms with E-state index in [-0.39, 0.29) is 17.3 Å². The smallest absolute Gasteiger partial charge is 0.243 e. The highest BCUT2D eigenvalue weighted by Crippen LogP contribution is 2.25. The average molecular weight is 328 g/mol. The van der Waals surface area contributed by atoms with Crippen molar-refractivity contribution >= 4 is 40.1 Å². The van der Waals surface area contributed by atoms with Crippen LogP contribution in [0.4, 0.5) is 0 Å². The molecule has 1 heterocycles. The molecule has 1 atom stereocenters. The van der Waals surface area contributed by atoms with Gasteiger partial charge in [-0.1, -0.05) is 11.6 Å². The van der Waals surface area contributed by atoms with E-state index in [4.69, 9.17) is 23.2 Å². The zero-order chi connectivity index (χ0) is 15.8. The highest BCUT2D eigenvalue weighted by molar-refractivity contribution is 6.31. The average Bonchev–Trinajstić information content (AvgIpc) is 2.73. The molecule has 0 spiro atoms. The number of carbonyl (C=O) groups excluding carboxylic acids is 1. The molecule has 1 unspecified atom stereocenters. The van der Waals surface area contributed by atoms with Crippen molar-refractivity contribution in [3.63, 3.8) is 0 Å². The Labute approximate surface area is 134 Å². The van der Waals surface area contributed by atoms with Crippen molar-refractivity contribution in [2.45, 2.75) is 45.2 Å². The molecule has 1 aromatic heterocycles. The van der Waals surface area contributed by atoms with Crippen molar-refractivity contribution in [3.8, 4) is 0 Å². The molecule has 0 aliphatic carbocycles. The highest BCUT2D eigenvalue weighted by atomic mass is 35.5. The number of imidazole rings is 1. The number of fused-ring (bicyclic) bond motifs is 1. The summed E-state index contributed by atoms with van der Waals surface area (Å²) in [6.07, 6.45) is 0. The first-order valence-corrected chi connectivity index (χ1v) is 7.68. The van der Waals surface area contributed by atoms with Crippen LogP contribution in [-0.2, 0) is 10.7 Å². The monoisotopic (exact) mass is 327 g/mol. The van der Waals surface area contributed by atoms with Gasteiger partial charge in [-0.2, -0.15) is 0 Å². The number of halogens is 2. The predicted octanol–water partition coefficient (Wildman–Crippen LogP) is 3.90. The molecular formula is C15H19Cl2N3O. The van der Waals surface area contributed by atoms with Crippen LogP contribution in [0.25, 0.3) is 11.0 Å². The van der Waals surface area contributed by atoms with Crippen molar-refractivity contribution in [3.05, 3.63) is 29.0 Å². The first-order valence-electron chi connectivity index (χ1n) is 6.77. The molecule has 1 aromatic carbocycles. The Hall–Kier alpha value is -1.26. The van der Waals surface area contributed by atoms with E-state index in [9.17, 15) is 4.79 Å². The third-order valence-corrected chi connectivity index (χ3v) is 3.58. The molecule has 0 radical (unpaired) electrons. The Morgan fingerprint density at radius 1 is 1.43 bits per heavy atom. The van der Waals surface area contributed by atoms with Crippen LogP contribution >= 0.6 is 23.2 Å². The van der Waals surface area contributed by atoms with Gasteiger partial charge in [0, 0.05) is 10.6 Å². The van der Waals surface area contributed by atoms with Crippen molar-refractivity contribution in [1.82, 2.24) is 14.9 Å². The van der Waals surface area contributed by atoms with E-state index in [1.807, 2.05) is 38.3 Å². The number of hydrogen-bond acceptors (Lipinski definition) is 2. The molecule has 0 saturated heterocycles. The summed E-state index contributed by atoms with van der Waals surface area (Å²) >= 11 is 12.0. The fourth-order valence-corrected chi connectivity index (χ4v) is 2.59. The minimum atomic E-state index is -0.399. The summed E-state index contributed by atoms with van der Waals surface area (Å²) in [6.45, 7) is 7.69. The van der Waals surface area contributed by atoms with Gasteiger partial charge < -0.3 is 9.88 Å². The molecule has 1 N–H and O–H groups in total. The summed E-state index contributed by atoms with van der Waals surface area (Å²) in [5.74, 6) is 0.827. The lowest BCUT2D eigenvalue weighted by atomic mass is 10.1. The highest BCUT2D eigenvalue weighted by Gasteiger charge is 2.24. The fourth-order valence-electron chi connectivity index (χ4n) is 2.24. The predicted molar refractivity (Wildman–Crippen MR) is 86.9 cm³/mol. The molecule has 2 aromatic rings. The van der Waals surface area contributed by atoms with Crippen molar-refractivity contribution in [2.75, 3.05) is 0 Å². The SMILES string of the molecule is CC(C(=O)NC(C)(C)C)n1c(CCl)nc2cc(Cl)ccc21. The number of rotatable bonds is 3. The van der Waals surface area contributed by atoms with Crippen LogP contribution in [0.3, 0.4) is 0 Å². The lowest BCUT2D eigenvalue weighted by Crippen LogP contribution is -2.44. The molecule has 0 aliphatic heterocycles. The van der Waals surface area contributed by atoms with E-state index in [1.54, 1.807) is 12.1 Å². The van der Waals surface area contributed by atoms with Crippen molar-refractivity contribution in [1.29, 1.82) is 0 Å². The Bertz CT molecular complexity index is 673. The van der Waals surface area contributed by atoms with Gasteiger partial charge in [-0.3, -0.25) is 4.79 Å². The van der Waals surface area contributed by atoms with E-state index >= 15 is 0 Å². The molecule has 0 saturated carbocycles. The van der Waals surface area contributed by atoms with Crippen LogP contribution in [-0.4, -0.2) is 21.0 Å². The van der Waals surface area contributed by atoms with E-state index in [0.29, 0.717) is 10.8 Å². The van der Waals surface area contributed by atoms with Gasteiger partial charge in [0.15, 0.2) is 0 Å². The van der Waals surface area contributed by atoms with Crippen LogP contribution in [0.1, 0.15) is 39.6 Å². The molecule has 4 nitrogen and oxygen atoms in total. The molecule has 21 heavy (non-hydrogen) atoms. The third kappa shape index (κ3) is 3.50. The molecule has 6 heteroatoms. The van der Waals surface area contributed by atoms with Crippen LogP contribution in [0, 0.1) is 0 Å². The standard InChI is InChI=1S/C15H19Cl2N3O/c1-9(14(21)19-15(2,3)4)20-12-6-5-10(17)7-11(12)18-13(20)8-16/h5-7,9H,8H2,1-4H3,(H,19,21). The number of carbonyl (C=O) groups is 1. The second kappa shape index (κ2) is 5.85. The quantitative estimate of drug-likeness (QED) is 0.869. The zero-order valence-corrected chi connectivity index (χ0v) is 14.1. The number of aromatic nitrogens is 2. The summed E-state index contributed by atoms with van der Waals surface area (Å²) in [5, 5.41) is 3.59. The van der Waals surface area contributed by atoms with E-state index in [0.717, 1.165) is 11.0 Å². The van der Waals surface area contributed by atoms with Crippen LogP contribution in [0.5, 0.6) is 0 Å². The first kappa shape index (κ1) is 16.1. The number of benzene rings is 1. The molecule has 1 amide bonds. The second-order valence-corrected chi connectivity index (χ2v) is 6.78. The van der Waals surface area contributed by atoms with Gasteiger partial charge in [0.05, 0.1) is 16.9 Å². The van der Waals surface area contributed by atoms with Crippen molar-refractivity contribution < 1.29 is 4.79 Å². The molecular weight excluding hydrogens is 309 g/mol. The summed E-state index contributed by atoms with van der Waals surface area (Å²) in [5.41, 5.74) is 1.31. The number of alkyl halides is 1. The molecule has 0 fully saturated rings. The van der Waals surface area contributed by atoms with E-state index in [1.165, 1.54) is 0 Å². The summed E-state index contributed by atoms with van der Waals surface area (Å²) < 4.78 is 1.86. The Kier molecular flexibility index (Phi) is 4.49. The summed E-state index contributed by atoms with van der Waals surface area (Å²) in [6, 6.07) is 5.03. The zero-order valence-electron chi connectivity index (χ0n) is 12.6. The van der Waals surface area contributed by atoms with Gasteiger partial charge in [-0.25, -0.2) is 4.98 Å². The van der Waals surface area contributed by atoms with Gasteiger partial charge in [0.25, 0.3) is 0 Å². The molecule has 2 rings (SSSR count). The van der Waals surface area contributed by atoms with Crippen LogP contribution < -0.4 is 5.32 Å². The number of nitrogens with zero attached hydrogens (tertiary/aromatic N) is 2. The number of nitrogens with one attached hydrogen (secondary N) is 1. The van der Waals surface area contributed by atoms with Gasteiger partial charge in [0.2, 0.25) is 5.91 Å². The van der Waals surface area contributed by atoms with Gasteiger partial charge >= 0.3 is 0 Å². The Morgan fingerprint density at radius 2 is 2.10 bits per heavy atom.